The molecule has 0 aliphatic rings. The minimum absolute atomic E-state index is 0.252. The standard InChI is InChI=1S/C19H19Cl2NO4/c1-11-7-15(8-12(2)19(11)21)26-10-17(23)22-16(9-18(24)25)13-3-5-14(20)6-4-13/h3-8,16H,9-10H2,1-2H3,(H,22,23)(H,24,25)/p-1/t16-/m1/s1. The number of hydrogen-bond donors (Lipinski definition) is 1. The summed E-state index contributed by atoms with van der Waals surface area (Å²) in [4.78, 5) is 23.2. The molecular formula is C19H18Cl2NO4-. The molecule has 5 nitrogen and oxygen atoms in total. The summed E-state index contributed by atoms with van der Waals surface area (Å²) in [6, 6.07) is 9.30. The van der Waals surface area contributed by atoms with E-state index in [2.05, 4.69) is 5.32 Å². The number of halogens is 2. The van der Waals surface area contributed by atoms with Crippen LogP contribution >= 0.6 is 23.2 Å². The maximum atomic E-state index is 12.2. The summed E-state index contributed by atoms with van der Waals surface area (Å²) in [6.45, 7) is 3.44. The lowest BCUT2D eigenvalue weighted by atomic mass is 10.0. The van der Waals surface area contributed by atoms with Gasteiger partial charge in [0.2, 0.25) is 0 Å². The lowest BCUT2D eigenvalue weighted by molar-refractivity contribution is -0.306. The van der Waals surface area contributed by atoms with Crippen molar-refractivity contribution in [3.63, 3.8) is 0 Å². The zero-order valence-corrected chi connectivity index (χ0v) is 15.9. The number of hydrogen-bond acceptors (Lipinski definition) is 4. The minimum atomic E-state index is -1.27. The number of carboxylic acids is 1. The third-order valence-corrected chi connectivity index (χ3v) is 4.61. The van der Waals surface area contributed by atoms with Crippen LogP contribution in [0.2, 0.25) is 10.0 Å². The molecule has 0 bridgehead atoms. The molecule has 0 saturated carbocycles. The third kappa shape index (κ3) is 5.64. The maximum absolute atomic E-state index is 12.2. The van der Waals surface area contributed by atoms with Gasteiger partial charge in [0, 0.05) is 22.4 Å². The van der Waals surface area contributed by atoms with E-state index in [9.17, 15) is 14.7 Å². The predicted octanol–water partition coefficient (Wildman–Crippen LogP) is 2.99. The summed E-state index contributed by atoms with van der Waals surface area (Å²) in [7, 11) is 0. The molecule has 2 rings (SSSR count). The van der Waals surface area contributed by atoms with Gasteiger partial charge in [-0.05, 0) is 54.8 Å². The van der Waals surface area contributed by atoms with Crippen molar-refractivity contribution in [1.82, 2.24) is 5.32 Å². The molecular weight excluding hydrogens is 377 g/mol. The molecule has 1 N–H and O–H groups in total. The van der Waals surface area contributed by atoms with E-state index >= 15 is 0 Å². The number of ether oxygens (including phenoxy) is 1. The number of benzene rings is 2. The van der Waals surface area contributed by atoms with Crippen molar-refractivity contribution in [3.05, 3.63) is 63.1 Å². The lowest BCUT2D eigenvalue weighted by Crippen LogP contribution is -2.36. The molecule has 0 unspecified atom stereocenters. The number of carbonyl (C=O) groups is 2. The highest BCUT2D eigenvalue weighted by molar-refractivity contribution is 6.32. The SMILES string of the molecule is Cc1cc(OCC(=O)N[C@H](CC(=O)[O-])c2ccc(Cl)cc2)cc(C)c1Cl. The average molecular weight is 395 g/mol. The highest BCUT2D eigenvalue weighted by Crippen LogP contribution is 2.26. The van der Waals surface area contributed by atoms with Gasteiger partial charge in [0.05, 0.1) is 6.04 Å². The Labute approximate surface area is 161 Å². The maximum Gasteiger partial charge on any atom is 0.258 e. The minimum Gasteiger partial charge on any atom is -0.550 e. The van der Waals surface area contributed by atoms with Crippen molar-refractivity contribution in [2.24, 2.45) is 0 Å². The Kier molecular flexibility index (Phi) is 6.89. The van der Waals surface area contributed by atoms with Gasteiger partial charge in [0.25, 0.3) is 5.91 Å². The Hall–Kier alpha value is -2.24. The van der Waals surface area contributed by atoms with Crippen LogP contribution in [0.3, 0.4) is 0 Å². The van der Waals surface area contributed by atoms with Crippen molar-refractivity contribution in [1.29, 1.82) is 0 Å². The van der Waals surface area contributed by atoms with Gasteiger partial charge in [-0.3, -0.25) is 4.79 Å². The summed E-state index contributed by atoms with van der Waals surface area (Å²) in [5.41, 5.74) is 2.31. The molecule has 138 valence electrons. The van der Waals surface area contributed by atoms with Crippen LogP contribution < -0.4 is 15.2 Å². The molecule has 0 heterocycles. The van der Waals surface area contributed by atoms with Gasteiger partial charge >= 0.3 is 0 Å². The van der Waals surface area contributed by atoms with Gasteiger partial charge in [0.1, 0.15) is 5.75 Å². The van der Waals surface area contributed by atoms with E-state index in [1.54, 1.807) is 36.4 Å². The topological polar surface area (TPSA) is 78.5 Å². The van der Waals surface area contributed by atoms with Crippen molar-refractivity contribution in [2.45, 2.75) is 26.3 Å². The van der Waals surface area contributed by atoms with Crippen LogP contribution in [0.25, 0.3) is 0 Å². The molecule has 0 saturated heterocycles. The molecule has 0 spiro atoms. The molecule has 0 radical (unpaired) electrons. The molecule has 0 aliphatic carbocycles. The number of rotatable bonds is 7. The molecule has 2 aromatic rings. The lowest BCUT2D eigenvalue weighted by Gasteiger charge is -2.20. The summed E-state index contributed by atoms with van der Waals surface area (Å²) in [6.07, 6.45) is -0.355. The van der Waals surface area contributed by atoms with Crippen LogP contribution in [-0.2, 0) is 9.59 Å². The van der Waals surface area contributed by atoms with Gasteiger partial charge in [-0.1, -0.05) is 35.3 Å². The summed E-state index contributed by atoms with van der Waals surface area (Å²) >= 11 is 11.9. The second kappa shape index (κ2) is 8.92. The van der Waals surface area contributed by atoms with E-state index in [0.717, 1.165) is 11.1 Å². The fourth-order valence-electron chi connectivity index (χ4n) is 2.49. The first-order valence-corrected chi connectivity index (χ1v) is 8.66. The van der Waals surface area contributed by atoms with Crippen molar-refractivity contribution in [2.75, 3.05) is 6.61 Å². The predicted molar refractivity (Wildman–Crippen MR) is 98.4 cm³/mol. The van der Waals surface area contributed by atoms with Crippen molar-refractivity contribution in [3.8, 4) is 5.75 Å². The first-order chi connectivity index (χ1) is 12.3. The summed E-state index contributed by atoms with van der Waals surface area (Å²) in [5.74, 6) is -1.20. The van der Waals surface area contributed by atoms with Gasteiger partial charge in [0.15, 0.2) is 6.61 Å². The van der Waals surface area contributed by atoms with Crippen LogP contribution in [0.1, 0.15) is 29.2 Å². The first-order valence-electron chi connectivity index (χ1n) is 7.90. The molecule has 2 aromatic carbocycles. The van der Waals surface area contributed by atoms with E-state index in [-0.39, 0.29) is 13.0 Å². The largest absolute Gasteiger partial charge is 0.550 e. The van der Waals surface area contributed by atoms with E-state index in [0.29, 0.717) is 21.4 Å². The number of carboxylic acid groups (broad SMARTS) is 1. The highest BCUT2D eigenvalue weighted by Gasteiger charge is 2.16. The fourth-order valence-corrected chi connectivity index (χ4v) is 2.72. The van der Waals surface area contributed by atoms with Crippen LogP contribution in [0, 0.1) is 13.8 Å². The van der Waals surface area contributed by atoms with Crippen LogP contribution in [0.4, 0.5) is 0 Å². The van der Waals surface area contributed by atoms with Crippen LogP contribution in [-0.4, -0.2) is 18.5 Å². The smallest absolute Gasteiger partial charge is 0.258 e. The monoisotopic (exact) mass is 394 g/mol. The second-order valence-electron chi connectivity index (χ2n) is 5.91. The van der Waals surface area contributed by atoms with E-state index in [1.807, 2.05) is 13.8 Å². The van der Waals surface area contributed by atoms with Gasteiger partial charge in [-0.25, -0.2) is 0 Å². The van der Waals surface area contributed by atoms with E-state index in [4.69, 9.17) is 27.9 Å². The quantitative estimate of drug-likeness (QED) is 0.782. The summed E-state index contributed by atoms with van der Waals surface area (Å²) < 4.78 is 5.49. The molecule has 0 fully saturated rings. The number of aliphatic carboxylic acids is 1. The molecule has 26 heavy (non-hydrogen) atoms. The fraction of sp³-hybridized carbons (Fsp3) is 0.263. The van der Waals surface area contributed by atoms with Gasteiger partial charge in [-0.15, -0.1) is 0 Å². The van der Waals surface area contributed by atoms with Crippen molar-refractivity contribution < 1.29 is 19.4 Å². The molecule has 7 heteroatoms. The molecule has 0 aliphatic heterocycles. The van der Waals surface area contributed by atoms with Crippen molar-refractivity contribution >= 4 is 35.1 Å². The first kappa shape index (κ1) is 20.1. The normalized spacial score (nSPS) is 11.7. The summed E-state index contributed by atoms with van der Waals surface area (Å²) in [5, 5.41) is 14.8. The van der Waals surface area contributed by atoms with Gasteiger partial charge in [-0.2, -0.15) is 0 Å². The van der Waals surface area contributed by atoms with Gasteiger partial charge < -0.3 is 20.0 Å². The average Bonchev–Trinajstić information content (AvgIpc) is 2.57. The Morgan fingerprint density at radius 1 is 1.12 bits per heavy atom. The Morgan fingerprint density at radius 3 is 2.23 bits per heavy atom. The second-order valence-corrected chi connectivity index (χ2v) is 6.72. The number of amides is 1. The zero-order valence-electron chi connectivity index (χ0n) is 14.3. The van der Waals surface area contributed by atoms with E-state index < -0.39 is 17.9 Å². The zero-order chi connectivity index (χ0) is 19.3. The Bertz CT molecular complexity index is 783. The molecule has 1 amide bonds. The molecule has 1 atom stereocenters. The highest BCUT2D eigenvalue weighted by atomic mass is 35.5. The Balaban J connectivity index is 2.03. The number of aryl methyl sites for hydroxylation is 2. The molecule has 0 aromatic heterocycles. The van der Waals surface area contributed by atoms with Crippen LogP contribution in [0.15, 0.2) is 36.4 Å². The number of carbonyl (C=O) groups excluding carboxylic acids is 2. The Morgan fingerprint density at radius 2 is 1.69 bits per heavy atom. The number of nitrogens with one attached hydrogen (secondary N) is 1. The van der Waals surface area contributed by atoms with Crippen LogP contribution in [0.5, 0.6) is 5.75 Å². The third-order valence-electron chi connectivity index (χ3n) is 3.76. The van der Waals surface area contributed by atoms with E-state index in [1.165, 1.54) is 0 Å².